The molecule has 2 N–H and O–H groups in total. The Morgan fingerprint density at radius 1 is 0.471 bits per heavy atom. The third kappa shape index (κ3) is 4.43. The molecular formula is C45H29N3O3. The van der Waals surface area contributed by atoms with Crippen molar-refractivity contribution in [1.29, 1.82) is 0 Å². The maximum Gasteiger partial charge on any atom is 0.142 e. The van der Waals surface area contributed by atoms with Gasteiger partial charge >= 0.3 is 0 Å². The van der Waals surface area contributed by atoms with E-state index in [1.807, 2.05) is 54.6 Å². The predicted octanol–water partition coefficient (Wildman–Crippen LogP) is 11.4. The van der Waals surface area contributed by atoms with Crippen molar-refractivity contribution in [3.8, 4) is 11.1 Å². The highest BCUT2D eigenvalue weighted by molar-refractivity contribution is 6.14. The summed E-state index contributed by atoms with van der Waals surface area (Å²) >= 11 is 0. The lowest BCUT2D eigenvalue weighted by Crippen LogP contribution is -2.45. The number of nitrogens with one attached hydrogen (secondary N) is 2. The van der Waals surface area contributed by atoms with Gasteiger partial charge in [0.1, 0.15) is 51.7 Å². The number of benzene rings is 7. The van der Waals surface area contributed by atoms with Gasteiger partial charge in [-0.05, 0) is 59.2 Å². The van der Waals surface area contributed by atoms with Gasteiger partial charge in [0.15, 0.2) is 0 Å². The minimum absolute atomic E-state index is 0.282. The van der Waals surface area contributed by atoms with Crippen molar-refractivity contribution in [2.24, 2.45) is 4.99 Å². The lowest BCUT2D eigenvalue weighted by molar-refractivity contribution is 0.408. The molecule has 6 nitrogen and oxygen atoms in total. The van der Waals surface area contributed by atoms with E-state index in [0.717, 1.165) is 99.5 Å². The zero-order valence-electron chi connectivity index (χ0n) is 27.3. The van der Waals surface area contributed by atoms with Crippen LogP contribution in [0.15, 0.2) is 170 Å². The van der Waals surface area contributed by atoms with E-state index in [-0.39, 0.29) is 12.3 Å². The molecule has 11 rings (SSSR count). The van der Waals surface area contributed by atoms with E-state index >= 15 is 0 Å². The van der Waals surface area contributed by atoms with Gasteiger partial charge in [-0.1, -0.05) is 109 Å². The van der Waals surface area contributed by atoms with Gasteiger partial charge in [-0.25, -0.2) is 4.99 Å². The summed E-state index contributed by atoms with van der Waals surface area (Å²) in [5, 5.41) is 14.0. The Bertz CT molecular complexity index is 3000. The Hall–Kier alpha value is -6.63. The lowest BCUT2D eigenvalue weighted by Gasteiger charge is -2.32. The summed E-state index contributed by atoms with van der Waals surface area (Å²) in [5.41, 5.74) is 10.4. The van der Waals surface area contributed by atoms with Crippen molar-refractivity contribution in [2.45, 2.75) is 12.3 Å². The highest BCUT2D eigenvalue weighted by Crippen LogP contribution is 2.40. The van der Waals surface area contributed by atoms with Crippen LogP contribution in [-0.2, 0) is 0 Å². The summed E-state index contributed by atoms with van der Waals surface area (Å²) in [6, 6.07) is 52.1. The van der Waals surface area contributed by atoms with Crippen LogP contribution in [-0.4, -0.2) is 5.84 Å². The SMILES string of the molecule is c1ccc(C2N=C(c3ccc4c(c3)oc3ccccc34)NC(c3cccc4c3oc3cc(-c5cccc6oc7ccccc7c56)ccc34)N2)cc1. The van der Waals surface area contributed by atoms with E-state index in [1.165, 1.54) is 0 Å². The van der Waals surface area contributed by atoms with Crippen LogP contribution in [0.3, 0.4) is 0 Å². The molecule has 0 amide bonds. The zero-order chi connectivity index (χ0) is 33.5. The number of amidine groups is 1. The summed E-state index contributed by atoms with van der Waals surface area (Å²) in [4.78, 5) is 5.18. The second-order valence-electron chi connectivity index (χ2n) is 13.2. The summed E-state index contributed by atoms with van der Waals surface area (Å²) in [7, 11) is 0. The fraction of sp³-hybridized carbons (Fsp3) is 0.0444. The summed E-state index contributed by atoms with van der Waals surface area (Å²) in [6.07, 6.45) is -0.570. The Morgan fingerprint density at radius 3 is 1.98 bits per heavy atom. The summed E-state index contributed by atoms with van der Waals surface area (Å²) in [5.74, 6) is 0.783. The van der Waals surface area contributed by atoms with Gasteiger partial charge in [-0.2, -0.15) is 0 Å². The average Bonchev–Trinajstić information content (AvgIpc) is 3.88. The van der Waals surface area contributed by atoms with Gasteiger partial charge in [0.05, 0.1) is 0 Å². The Morgan fingerprint density at radius 2 is 1.10 bits per heavy atom. The van der Waals surface area contributed by atoms with Crippen LogP contribution in [0.5, 0.6) is 0 Å². The zero-order valence-corrected chi connectivity index (χ0v) is 27.3. The Labute approximate surface area is 291 Å². The first kappa shape index (κ1) is 28.2. The van der Waals surface area contributed by atoms with Crippen LogP contribution in [0.25, 0.3) is 76.9 Å². The Balaban J connectivity index is 1.03. The highest BCUT2D eigenvalue weighted by atomic mass is 16.3. The number of hydrogen-bond donors (Lipinski definition) is 2. The van der Waals surface area contributed by atoms with E-state index < -0.39 is 0 Å². The molecule has 0 bridgehead atoms. The molecule has 6 heteroatoms. The molecule has 0 radical (unpaired) electrons. The Kier molecular flexibility index (Phi) is 6.05. The molecule has 4 heterocycles. The molecular weight excluding hydrogens is 631 g/mol. The number of fused-ring (bicyclic) bond motifs is 9. The van der Waals surface area contributed by atoms with E-state index in [9.17, 15) is 0 Å². The van der Waals surface area contributed by atoms with Gasteiger partial charge in [0.25, 0.3) is 0 Å². The van der Waals surface area contributed by atoms with E-state index in [4.69, 9.17) is 18.2 Å². The first-order valence-electron chi connectivity index (χ1n) is 17.2. The van der Waals surface area contributed by atoms with Crippen LogP contribution >= 0.6 is 0 Å². The molecule has 1 aliphatic rings. The number of aliphatic imine (C=N–C) groups is 1. The number of hydrogen-bond acceptors (Lipinski definition) is 6. The van der Waals surface area contributed by atoms with Gasteiger partial charge < -0.3 is 18.6 Å². The van der Waals surface area contributed by atoms with Crippen LogP contribution in [0.2, 0.25) is 0 Å². The van der Waals surface area contributed by atoms with Gasteiger partial charge in [-0.3, -0.25) is 5.32 Å². The molecule has 51 heavy (non-hydrogen) atoms. The molecule has 1 aliphatic heterocycles. The molecule has 0 aliphatic carbocycles. The van der Waals surface area contributed by atoms with Crippen LogP contribution in [0.4, 0.5) is 0 Å². The third-order valence-electron chi connectivity index (χ3n) is 10.2. The van der Waals surface area contributed by atoms with Crippen molar-refractivity contribution in [3.63, 3.8) is 0 Å². The van der Waals surface area contributed by atoms with Crippen LogP contribution in [0.1, 0.15) is 29.0 Å². The topological polar surface area (TPSA) is 75.8 Å². The molecule has 0 saturated heterocycles. The normalized spacial score (nSPS) is 16.4. The molecule has 2 atom stereocenters. The fourth-order valence-electron chi connectivity index (χ4n) is 7.77. The van der Waals surface area contributed by atoms with Crippen molar-refractivity contribution < 1.29 is 13.3 Å². The first-order chi connectivity index (χ1) is 25.2. The first-order valence-corrected chi connectivity index (χ1v) is 17.2. The minimum Gasteiger partial charge on any atom is -0.456 e. The molecule has 7 aromatic carbocycles. The van der Waals surface area contributed by atoms with Gasteiger partial charge in [0, 0.05) is 43.4 Å². The van der Waals surface area contributed by atoms with E-state index in [0.29, 0.717) is 0 Å². The number of nitrogens with zero attached hydrogens (tertiary/aromatic N) is 1. The highest BCUT2D eigenvalue weighted by Gasteiger charge is 2.28. The molecule has 0 saturated carbocycles. The van der Waals surface area contributed by atoms with E-state index in [2.05, 4.69) is 108 Å². The van der Waals surface area contributed by atoms with Crippen molar-refractivity contribution in [2.75, 3.05) is 0 Å². The second-order valence-corrected chi connectivity index (χ2v) is 13.2. The van der Waals surface area contributed by atoms with E-state index in [1.54, 1.807) is 0 Å². The quantitative estimate of drug-likeness (QED) is 0.197. The molecule has 0 spiro atoms. The maximum absolute atomic E-state index is 6.79. The predicted molar refractivity (Wildman–Crippen MR) is 205 cm³/mol. The maximum atomic E-state index is 6.79. The second kappa shape index (κ2) is 10.9. The monoisotopic (exact) mass is 659 g/mol. The van der Waals surface area contributed by atoms with Crippen LogP contribution < -0.4 is 10.6 Å². The van der Waals surface area contributed by atoms with Crippen molar-refractivity contribution in [3.05, 3.63) is 168 Å². The summed E-state index contributed by atoms with van der Waals surface area (Å²) < 4.78 is 19.3. The fourth-order valence-corrected chi connectivity index (χ4v) is 7.77. The molecule has 10 aromatic rings. The average molecular weight is 660 g/mol. The molecule has 2 unspecified atom stereocenters. The van der Waals surface area contributed by atoms with Gasteiger partial charge in [-0.15, -0.1) is 0 Å². The number of furan rings is 3. The van der Waals surface area contributed by atoms with Crippen LogP contribution in [0, 0.1) is 0 Å². The standard InChI is InChI=1S/C45H29N3O3/c1-2-10-26(11-3-1)43-46-44(28-21-23-31-30-12-4-6-17-36(30)50-39(31)25-28)48-45(47-43)35-16-8-15-33-32-22-20-27(24-40(32)51-42(33)35)29-14-9-19-38-41(29)34-13-5-7-18-37(34)49-38/h1-25,43,45,47H,(H,46,48). The van der Waals surface area contributed by atoms with Gasteiger partial charge in [0.2, 0.25) is 0 Å². The van der Waals surface area contributed by atoms with Crippen molar-refractivity contribution in [1.82, 2.24) is 10.6 Å². The largest absolute Gasteiger partial charge is 0.456 e. The molecule has 0 fully saturated rings. The smallest absolute Gasteiger partial charge is 0.142 e. The third-order valence-corrected chi connectivity index (χ3v) is 10.2. The molecule has 3 aromatic heterocycles. The minimum atomic E-state index is -0.288. The number of para-hydroxylation sites is 3. The molecule has 242 valence electrons. The van der Waals surface area contributed by atoms with Crippen molar-refractivity contribution >= 4 is 71.7 Å². The number of rotatable bonds is 4. The lowest BCUT2D eigenvalue weighted by atomic mass is 9.98. The summed E-state index contributed by atoms with van der Waals surface area (Å²) in [6.45, 7) is 0.